The summed E-state index contributed by atoms with van der Waals surface area (Å²) >= 11 is 0. The highest BCUT2D eigenvalue weighted by Crippen LogP contribution is 2.29. The van der Waals surface area contributed by atoms with Crippen molar-refractivity contribution >= 4 is 0 Å². The van der Waals surface area contributed by atoms with E-state index in [1.165, 1.54) is 33.4 Å². The van der Waals surface area contributed by atoms with Crippen molar-refractivity contribution < 1.29 is 19.7 Å². The first kappa shape index (κ1) is 19.6. The fourth-order valence-corrected chi connectivity index (χ4v) is 3.30. The minimum Gasteiger partial charge on any atom is -0.508 e. The number of phenols is 2. The summed E-state index contributed by atoms with van der Waals surface area (Å²) in [5, 5.41) is 18.8. The summed E-state index contributed by atoms with van der Waals surface area (Å²) in [6.07, 6.45) is 0. The van der Waals surface area contributed by atoms with Crippen LogP contribution in [0.2, 0.25) is 0 Å². The van der Waals surface area contributed by atoms with E-state index in [0.717, 1.165) is 11.5 Å². The molecule has 3 aromatic carbocycles. The molecule has 0 atom stereocenters. The predicted octanol–water partition coefficient (Wildman–Crippen LogP) is 5.49. The monoisotopic (exact) mass is 378 g/mol. The van der Waals surface area contributed by atoms with E-state index in [4.69, 9.17) is 9.47 Å². The zero-order valence-corrected chi connectivity index (χ0v) is 16.7. The first-order chi connectivity index (χ1) is 13.4. The summed E-state index contributed by atoms with van der Waals surface area (Å²) in [5.74, 6) is 1.91. The SMILES string of the molecule is Cc1c(C)c(COc2ccc(O)cc2)c(C)c(C)c1COc1ccc(O)cc1. The van der Waals surface area contributed by atoms with Gasteiger partial charge in [-0.1, -0.05) is 0 Å². The molecule has 0 aromatic heterocycles. The molecule has 0 aliphatic carbocycles. The van der Waals surface area contributed by atoms with Crippen molar-refractivity contribution in [1.29, 1.82) is 0 Å². The first-order valence-electron chi connectivity index (χ1n) is 9.28. The van der Waals surface area contributed by atoms with Crippen LogP contribution in [0.3, 0.4) is 0 Å². The standard InChI is InChI=1S/C24H26O4/c1-15-16(2)24(14-28-22-11-7-20(26)8-12-22)18(4)17(3)23(15)13-27-21-9-5-19(25)6-10-21/h5-12,25-26H,13-14H2,1-4H3. The Morgan fingerprint density at radius 1 is 0.536 bits per heavy atom. The third kappa shape index (κ3) is 4.22. The van der Waals surface area contributed by atoms with Crippen molar-refractivity contribution in [3.63, 3.8) is 0 Å². The van der Waals surface area contributed by atoms with E-state index in [1.807, 2.05) is 0 Å². The average molecular weight is 378 g/mol. The molecule has 0 radical (unpaired) electrons. The zero-order valence-electron chi connectivity index (χ0n) is 16.7. The normalized spacial score (nSPS) is 10.7. The molecule has 0 saturated heterocycles. The van der Waals surface area contributed by atoms with Crippen molar-refractivity contribution in [2.24, 2.45) is 0 Å². The van der Waals surface area contributed by atoms with Crippen LogP contribution < -0.4 is 9.47 Å². The minimum atomic E-state index is 0.226. The third-order valence-electron chi connectivity index (χ3n) is 5.38. The second-order valence-electron chi connectivity index (χ2n) is 7.02. The van der Waals surface area contributed by atoms with Crippen molar-refractivity contribution in [2.45, 2.75) is 40.9 Å². The molecule has 28 heavy (non-hydrogen) atoms. The molecule has 0 aliphatic rings. The van der Waals surface area contributed by atoms with Crippen LogP contribution >= 0.6 is 0 Å². The highest BCUT2D eigenvalue weighted by molar-refractivity contribution is 5.50. The van der Waals surface area contributed by atoms with Crippen LogP contribution in [0.5, 0.6) is 23.0 Å². The molecule has 4 heteroatoms. The molecule has 0 unspecified atom stereocenters. The lowest BCUT2D eigenvalue weighted by atomic mass is 9.89. The maximum atomic E-state index is 9.40. The molecule has 0 aliphatic heterocycles. The Labute approximate surface area is 166 Å². The molecule has 146 valence electrons. The van der Waals surface area contributed by atoms with E-state index in [-0.39, 0.29) is 11.5 Å². The van der Waals surface area contributed by atoms with Crippen molar-refractivity contribution in [3.8, 4) is 23.0 Å². The van der Waals surface area contributed by atoms with Gasteiger partial charge in [0.25, 0.3) is 0 Å². The van der Waals surface area contributed by atoms with Gasteiger partial charge in [0.05, 0.1) is 0 Å². The highest BCUT2D eigenvalue weighted by atomic mass is 16.5. The van der Waals surface area contributed by atoms with Crippen LogP contribution in [0, 0.1) is 27.7 Å². The molecule has 0 fully saturated rings. The van der Waals surface area contributed by atoms with Crippen LogP contribution in [-0.4, -0.2) is 10.2 Å². The molecule has 2 N–H and O–H groups in total. The van der Waals surface area contributed by atoms with E-state index in [1.54, 1.807) is 48.5 Å². The van der Waals surface area contributed by atoms with E-state index in [9.17, 15) is 10.2 Å². The molecule has 0 amide bonds. The number of benzene rings is 3. The van der Waals surface area contributed by atoms with Crippen LogP contribution in [-0.2, 0) is 13.2 Å². The fourth-order valence-electron chi connectivity index (χ4n) is 3.30. The molecular formula is C24H26O4. The van der Waals surface area contributed by atoms with Gasteiger partial charge in [-0.15, -0.1) is 0 Å². The minimum absolute atomic E-state index is 0.226. The summed E-state index contributed by atoms with van der Waals surface area (Å²) in [7, 11) is 0. The van der Waals surface area contributed by atoms with Gasteiger partial charge in [-0.2, -0.15) is 0 Å². The lowest BCUT2D eigenvalue weighted by molar-refractivity contribution is 0.299. The van der Waals surface area contributed by atoms with Crippen LogP contribution in [0.15, 0.2) is 48.5 Å². The quantitative estimate of drug-likeness (QED) is 0.595. The highest BCUT2D eigenvalue weighted by Gasteiger charge is 2.16. The van der Waals surface area contributed by atoms with Gasteiger partial charge in [0.1, 0.15) is 36.2 Å². The topological polar surface area (TPSA) is 58.9 Å². The van der Waals surface area contributed by atoms with Crippen LogP contribution in [0.25, 0.3) is 0 Å². The number of hydrogen-bond donors (Lipinski definition) is 2. The van der Waals surface area contributed by atoms with Crippen LogP contribution in [0.1, 0.15) is 33.4 Å². The van der Waals surface area contributed by atoms with Gasteiger partial charge in [-0.05, 0) is 110 Å². The smallest absolute Gasteiger partial charge is 0.120 e. The van der Waals surface area contributed by atoms with Crippen molar-refractivity contribution in [1.82, 2.24) is 0 Å². The van der Waals surface area contributed by atoms with E-state index < -0.39 is 0 Å². The molecule has 3 aromatic rings. The predicted molar refractivity (Wildman–Crippen MR) is 110 cm³/mol. The summed E-state index contributed by atoms with van der Waals surface area (Å²) < 4.78 is 11.9. The molecule has 0 bridgehead atoms. The van der Waals surface area contributed by atoms with Gasteiger partial charge < -0.3 is 19.7 Å². The number of phenolic OH excluding ortho intramolecular Hbond substituents is 2. The Morgan fingerprint density at radius 2 is 0.821 bits per heavy atom. The van der Waals surface area contributed by atoms with Crippen LogP contribution in [0.4, 0.5) is 0 Å². The maximum Gasteiger partial charge on any atom is 0.120 e. The van der Waals surface area contributed by atoms with E-state index in [0.29, 0.717) is 13.2 Å². The summed E-state index contributed by atoms with van der Waals surface area (Å²) in [4.78, 5) is 0. The molecule has 4 nitrogen and oxygen atoms in total. The Kier molecular flexibility index (Phi) is 5.78. The molecule has 0 spiro atoms. The molecule has 0 saturated carbocycles. The van der Waals surface area contributed by atoms with Gasteiger partial charge >= 0.3 is 0 Å². The van der Waals surface area contributed by atoms with E-state index >= 15 is 0 Å². The Hall–Kier alpha value is -3.14. The van der Waals surface area contributed by atoms with Crippen molar-refractivity contribution in [3.05, 3.63) is 81.9 Å². The lowest BCUT2D eigenvalue weighted by Gasteiger charge is -2.21. The molecular weight excluding hydrogens is 352 g/mol. The maximum absolute atomic E-state index is 9.40. The second kappa shape index (κ2) is 8.26. The van der Waals surface area contributed by atoms with Gasteiger partial charge in [-0.25, -0.2) is 0 Å². The van der Waals surface area contributed by atoms with Gasteiger partial charge in [0.15, 0.2) is 0 Å². The second-order valence-corrected chi connectivity index (χ2v) is 7.02. The van der Waals surface area contributed by atoms with E-state index in [2.05, 4.69) is 27.7 Å². The number of aromatic hydroxyl groups is 2. The number of hydrogen-bond acceptors (Lipinski definition) is 4. The van der Waals surface area contributed by atoms with Gasteiger partial charge in [0.2, 0.25) is 0 Å². The third-order valence-corrected chi connectivity index (χ3v) is 5.38. The van der Waals surface area contributed by atoms with Gasteiger partial charge in [-0.3, -0.25) is 0 Å². The van der Waals surface area contributed by atoms with Crippen molar-refractivity contribution in [2.75, 3.05) is 0 Å². The largest absolute Gasteiger partial charge is 0.508 e. The average Bonchev–Trinajstić information content (AvgIpc) is 2.69. The summed E-state index contributed by atoms with van der Waals surface area (Å²) in [5.41, 5.74) is 7.16. The number of rotatable bonds is 6. The molecule has 3 rings (SSSR count). The molecule has 0 heterocycles. The first-order valence-corrected chi connectivity index (χ1v) is 9.28. The summed E-state index contributed by atoms with van der Waals surface area (Å²) in [6.45, 7) is 9.40. The zero-order chi connectivity index (χ0) is 20.3. The Morgan fingerprint density at radius 3 is 1.11 bits per heavy atom. The number of ether oxygens (including phenoxy) is 2. The van der Waals surface area contributed by atoms with Gasteiger partial charge in [0, 0.05) is 0 Å². The lowest BCUT2D eigenvalue weighted by Crippen LogP contribution is -2.10. The Balaban J connectivity index is 1.80. The summed E-state index contributed by atoms with van der Waals surface area (Å²) in [6, 6.07) is 13.5. The fraction of sp³-hybridized carbons (Fsp3) is 0.250. The Bertz CT molecular complexity index is 848.